The van der Waals surface area contributed by atoms with Crippen LogP contribution in [0.5, 0.6) is 0 Å². The van der Waals surface area contributed by atoms with E-state index in [1.165, 1.54) is 6.92 Å². The Morgan fingerprint density at radius 2 is 2.17 bits per heavy atom. The molecular formula is C3H5O2Se. The van der Waals surface area contributed by atoms with Crippen molar-refractivity contribution in [3.63, 3.8) is 0 Å². The van der Waals surface area contributed by atoms with E-state index in [1.807, 2.05) is 0 Å². The fourth-order valence-corrected chi connectivity index (χ4v) is 0. The SMILES string of the molecule is CC(O)C(=O)[Se]. The van der Waals surface area contributed by atoms with Crippen molar-refractivity contribution in [1.29, 1.82) is 0 Å². The molecule has 6 heavy (non-hydrogen) atoms. The zero-order valence-electron chi connectivity index (χ0n) is 3.34. The average Bonchev–Trinajstić information content (AvgIpc) is 1.36. The maximum atomic E-state index is 9.84. The standard InChI is InChI=1S/C3H5O2Se/c1-2(4)3(5)6/h2,4H,1H3. The second-order valence-corrected chi connectivity index (χ2v) is 1.84. The third-order valence-electron chi connectivity index (χ3n) is 0.341. The molecule has 0 aromatic heterocycles. The number of carbonyl (C=O) groups excluding carboxylic acids is 1. The van der Waals surface area contributed by atoms with Crippen molar-refractivity contribution in [1.82, 2.24) is 0 Å². The van der Waals surface area contributed by atoms with Crippen LogP contribution < -0.4 is 0 Å². The molecule has 0 rings (SSSR count). The molecule has 0 spiro atoms. The van der Waals surface area contributed by atoms with Crippen molar-refractivity contribution in [3.8, 4) is 0 Å². The number of aliphatic hydroxyl groups is 1. The Kier molecular flexibility index (Phi) is 2.40. The number of hydrogen-bond acceptors (Lipinski definition) is 2. The van der Waals surface area contributed by atoms with Gasteiger partial charge in [0, 0.05) is 0 Å². The van der Waals surface area contributed by atoms with E-state index >= 15 is 0 Å². The zero-order chi connectivity index (χ0) is 5.15. The van der Waals surface area contributed by atoms with Crippen molar-refractivity contribution < 1.29 is 9.90 Å². The quantitative estimate of drug-likeness (QED) is 0.492. The van der Waals surface area contributed by atoms with Crippen LogP contribution in [-0.2, 0) is 4.79 Å². The van der Waals surface area contributed by atoms with Gasteiger partial charge in [-0.3, -0.25) is 0 Å². The van der Waals surface area contributed by atoms with E-state index < -0.39 is 6.10 Å². The average molecular weight is 152 g/mol. The molecule has 0 heterocycles. The predicted molar refractivity (Wildman–Crippen MR) is 22.4 cm³/mol. The summed E-state index contributed by atoms with van der Waals surface area (Å²) < 4.78 is -0.310. The predicted octanol–water partition coefficient (Wildman–Crippen LogP) is -0.938. The fraction of sp³-hybridized carbons (Fsp3) is 0.667. The van der Waals surface area contributed by atoms with E-state index in [0.29, 0.717) is 0 Å². The molecule has 0 aliphatic carbocycles. The third kappa shape index (κ3) is 2.39. The van der Waals surface area contributed by atoms with E-state index in [2.05, 4.69) is 16.0 Å². The molecule has 0 bridgehead atoms. The van der Waals surface area contributed by atoms with Crippen LogP contribution in [0.4, 0.5) is 0 Å². The van der Waals surface area contributed by atoms with Gasteiger partial charge in [-0.1, -0.05) is 0 Å². The van der Waals surface area contributed by atoms with Gasteiger partial charge in [-0.15, -0.1) is 0 Å². The third-order valence-corrected chi connectivity index (χ3v) is 1.06. The summed E-state index contributed by atoms with van der Waals surface area (Å²) in [5, 5.41) is 8.25. The van der Waals surface area contributed by atoms with Crippen molar-refractivity contribution in [3.05, 3.63) is 0 Å². The molecule has 0 saturated heterocycles. The number of aliphatic hydroxyl groups excluding tert-OH is 1. The van der Waals surface area contributed by atoms with Gasteiger partial charge >= 0.3 is 43.6 Å². The van der Waals surface area contributed by atoms with Crippen LogP contribution in [0.2, 0.25) is 0 Å². The molecule has 0 aliphatic rings. The van der Waals surface area contributed by atoms with Gasteiger partial charge in [0.05, 0.1) is 0 Å². The molecule has 35 valence electrons. The molecule has 1 atom stereocenters. The van der Waals surface area contributed by atoms with Gasteiger partial charge in [0.2, 0.25) is 0 Å². The van der Waals surface area contributed by atoms with Crippen molar-refractivity contribution in [2.75, 3.05) is 0 Å². The molecule has 2 nitrogen and oxygen atoms in total. The Balaban J connectivity index is 3.26. The number of hydrogen-bond donors (Lipinski definition) is 1. The van der Waals surface area contributed by atoms with E-state index in [0.717, 1.165) is 0 Å². The fourth-order valence-electron chi connectivity index (χ4n) is 0. The Labute approximate surface area is 44.4 Å². The van der Waals surface area contributed by atoms with Crippen LogP contribution in [0.1, 0.15) is 6.92 Å². The molecule has 0 aliphatic heterocycles. The second-order valence-electron chi connectivity index (χ2n) is 0.995. The van der Waals surface area contributed by atoms with Gasteiger partial charge in [-0.2, -0.15) is 0 Å². The van der Waals surface area contributed by atoms with Gasteiger partial charge in [-0.05, 0) is 0 Å². The van der Waals surface area contributed by atoms with E-state index in [1.54, 1.807) is 0 Å². The molecule has 0 aromatic carbocycles. The summed E-state index contributed by atoms with van der Waals surface area (Å²) in [6.45, 7) is 1.42. The molecule has 1 N–H and O–H groups in total. The van der Waals surface area contributed by atoms with Gasteiger partial charge in [0.1, 0.15) is 0 Å². The van der Waals surface area contributed by atoms with Crippen LogP contribution in [-0.4, -0.2) is 31.9 Å². The summed E-state index contributed by atoms with van der Waals surface area (Å²) in [5.41, 5.74) is 0. The summed E-state index contributed by atoms with van der Waals surface area (Å²) >= 11 is 2.15. The molecule has 0 saturated carbocycles. The minimum absolute atomic E-state index is 0.310. The Bertz CT molecular complexity index is 59.8. The molecule has 1 unspecified atom stereocenters. The zero-order valence-corrected chi connectivity index (χ0v) is 5.05. The van der Waals surface area contributed by atoms with Crippen LogP contribution in [0, 0.1) is 0 Å². The summed E-state index contributed by atoms with van der Waals surface area (Å²) in [7, 11) is 0. The van der Waals surface area contributed by atoms with Gasteiger partial charge < -0.3 is 0 Å². The number of carbonyl (C=O) groups is 1. The summed E-state index contributed by atoms with van der Waals surface area (Å²) in [5.74, 6) is 0. The topological polar surface area (TPSA) is 37.3 Å². The second kappa shape index (κ2) is 2.34. The normalized spacial score (nSPS) is 13.7. The minimum atomic E-state index is -0.843. The summed E-state index contributed by atoms with van der Waals surface area (Å²) in [4.78, 5) is 9.84. The van der Waals surface area contributed by atoms with Crippen LogP contribution in [0.15, 0.2) is 0 Å². The van der Waals surface area contributed by atoms with Crippen molar-refractivity contribution in [2.45, 2.75) is 13.0 Å². The van der Waals surface area contributed by atoms with Crippen LogP contribution in [0.3, 0.4) is 0 Å². The first kappa shape index (κ1) is 6.15. The van der Waals surface area contributed by atoms with Gasteiger partial charge in [0.15, 0.2) is 0 Å². The summed E-state index contributed by atoms with van der Waals surface area (Å²) in [6.07, 6.45) is -0.843. The summed E-state index contributed by atoms with van der Waals surface area (Å²) in [6, 6.07) is 0. The van der Waals surface area contributed by atoms with Gasteiger partial charge in [-0.25, -0.2) is 0 Å². The maximum absolute atomic E-state index is 9.84. The first-order valence-electron chi connectivity index (χ1n) is 1.53. The molecule has 0 amide bonds. The van der Waals surface area contributed by atoms with Crippen LogP contribution in [0.25, 0.3) is 0 Å². The van der Waals surface area contributed by atoms with Crippen molar-refractivity contribution in [2.24, 2.45) is 0 Å². The Morgan fingerprint density at radius 1 is 2.00 bits per heavy atom. The van der Waals surface area contributed by atoms with E-state index in [-0.39, 0.29) is 4.68 Å². The molecule has 1 radical (unpaired) electrons. The van der Waals surface area contributed by atoms with E-state index in [9.17, 15) is 4.79 Å². The first-order valence-corrected chi connectivity index (χ1v) is 2.39. The monoisotopic (exact) mass is 153 g/mol. The number of rotatable bonds is 1. The molecule has 0 aromatic rings. The Morgan fingerprint density at radius 3 is 2.17 bits per heavy atom. The van der Waals surface area contributed by atoms with E-state index in [4.69, 9.17) is 5.11 Å². The molecule has 3 heteroatoms. The molecular weight excluding hydrogens is 147 g/mol. The Hall–Kier alpha value is 0.149. The van der Waals surface area contributed by atoms with Gasteiger partial charge in [0.25, 0.3) is 0 Å². The van der Waals surface area contributed by atoms with Crippen LogP contribution >= 0.6 is 0 Å². The molecule has 0 fully saturated rings. The van der Waals surface area contributed by atoms with Crippen molar-refractivity contribution >= 4 is 20.7 Å². The first-order chi connectivity index (χ1) is 2.64.